The molecule has 1 fully saturated rings. The van der Waals surface area contributed by atoms with E-state index >= 15 is 0 Å². The van der Waals surface area contributed by atoms with Crippen molar-refractivity contribution in [1.29, 1.82) is 0 Å². The van der Waals surface area contributed by atoms with Crippen LogP contribution in [0.4, 0.5) is 0 Å². The minimum Gasteiger partial charge on any atom is -0.481 e. The van der Waals surface area contributed by atoms with Crippen LogP contribution in [0.2, 0.25) is 10.0 Å². The molecule has 0 aliphatic heterocycles. The lowest BCUT2D eigenvalue weighted by atomic mass is 9.80. The number of hydrogen-bond acceptors (Lipinski definition) is 3. The van der Waals surface area contributed by atoms with Gasteiger partial charge in [0.2, 0.25) is 10.0 Å². The Morgan fingerprint density at radius 1 is 1.03 bits per heavy atom. The van der Waals surface area contributed by atoms with Crippen LogP contribution in [-0.2, 0) is 27.7 Å². The normalized spacial score (nSPS) is 16.1. The third kappa shape index (κ3) is 5.72. The van der Waals surface area contributed by atoms with E-state index in [0.29, 0.717) is 11.6 Å². The summed E-state index contributed by atoms with van der Waals surface area (Å²) < 4.78 is 28.3. The summed E-state index contributed by atoms with van der Waals surface area (Å²) in [6.45, 7) is 0.325. The molecule has 29 heavy (non-hydrogen) atoms. The van der Waals surface area contributed by atoms with Crippen molar-refractivity contribution in [1.82, 2.24) is 4.72 Å². The summed E-state index contributed by atoms with van der Waals surface area (Å²) in [5.41, 5.74) is 1.66. The van der Waals surface area contributed by atoms with Gasteiger partial charge in [0.15, 0.2) is 0 Å². The average molecular weight is 456 g/mol. The molecule has 2 N–H and O–H groups in total. The molecule has 156 valence electrons. The topological polar surface area (TPSA) is 83.5 Å². The first kappa shape index (κ1) is 22.1. The van der Waals surface area contributed by atoms with E-state index < -0.39 is 16.0 Å². The predicted octanol–water partition coefficient (Wildman–Crippen LogP) is 4.70. The molecule has 0 spiro atoms. The Labute approximate surface area is 181 Å². The minimum atomic E-state index is -3.75. The van der Waals surface area contributed by atoms with E-state index in [4.69, 9.17) is 28.3 Å². The highest BCUT2D eigenvalue weighted by Crippen LogP contribution is 2.41. The lowest BCUT2D eigenvalue weighted by molar-refractivity contribution is -0.136. The Hall–Kier alpha value is -1.60. The van der Waals surface area contributed by atoms with Gasteiger partial charge in [-0.2, -0.15) is 0 Å². The quantitative estimate of drug-likeness (QED) is 0.603. The van der Waals surface area contributed by atoms with Gasteiger partial charge in [-0.3, -0.25) is 4.79 Å². The predicted molar refractivity (Wildman–Crippen MR) is 114 cm³/mol. The van der Waals surface area contributed by atoms with Gasteiger partial charge in [0.05, 0.1) is 11.4 Å². The molecule has 0 heterocycles. The number of carboxylic acids is 1. The molecule has 3 rings (SSSR count). The molecule has 1 aliphatic rings. The van der Waals surface area contributed by atoms with Gasteiger partial charge < -0.3 is 5.11 Å². The molecule has 8 heteroatoms. The number of hydrogen-bond donors (Lipinski definition) is 2. The van der Waals surface area contributed by atoms with Crippen LogP contribution in [0.25, 0.3) is 0 Å². The smallest absolute Gasteiger partial charge is 0.307 e. The summed E-state index contributed by atoms with van der Waals surface area (Å²) in [7, 11) is -3.75. The summed E-state index contributed by atoms with van der Waals surface area (Å²) in [5.74, 6) is -0.861. The molecule has 1 aliphatic carbocycles. The van der Waals surface area contributed by atoms with Gasteiger partial charge in [-0.25, -0.2) is 13.1 Å². The first-order valence-corrected chi connectivity index (χ1v) is 11.7. The van der Waals surface area contributed by atoms with Gasteiger partial charge in [0.25, 0.3) is 0 Å². The Kier molecular flexibility index (Phi) is 6.89. The number of halogens is 2. The van der Waals surface area contributed by atoms with Crippen LogP contribution in [0.15, 0.2) is 47.4 Å². The molecule has 0 unspecified atom stereocenters. The van der Waals surface area contributed by atoms with E-state index in [9.17, 15) is 13.2 Å². The fraction of sp³-hybridized carbons (Fsp3) is 0.381. The summed E-state index contributed by atoms with van der Waals surface area (Å²) in [4.78, 5) is 10.9. The molecule has 0 aromatic heterocycles. The number of carbonyl (C=O) groups is 1. The SMILES string of the molecule is O=C(O)Cc1ccc(CC2(CNS(=O)(=O)c3ccc(Cl)cc3Cl)CCCC2)cc1. The van der Waals surface area contributed by atoms with Crippen LogP contribution >= 0.6 is 23.2 Å². The van der Waals surface area contributed by atoms with E-state index in [1.165, 1.54) is 18.2 Å². The van der Waals surface area contributed by atoms with Gasteiger partial charge in [-0.1, -0.05) is 60.3 Å². The Morgan fingerprint density at radius 2 is 1.66 bits per heavy atom. The third-order valence-corrected chi connectivity index (χ3v) is 7.56. The van der Waals surface area contributed by atoms with Crippen molar-refractivity contribution in [2.45, 2.75) is 43.4 Å². The average Bonchev–Trinajstić information content (AvgIpc) is 3.10. The fourth-order valence-electron chi connectivity index (χ4n) is 3.94. The van der Waals surface area contributed by atoms with Crippen LogP contribution in [0.1, 0.15) is 36.8 Å². The highest BCUT2D eigenvalue weighted by molar-refractivity contribution is 7.89. The van der Waals surface area contributed by atoms with Crippen molar-refractivity contribution in [3.05, 3.63) is 63.6 Å². The zero-order chi connectivity index (χ0) is 21.1. The van der Waals surface area contributed by atoms with E-state index in [1.54, 1.807) is 0 Å². The van der Waals surface area contributed by atoms with Crippen molar-refractivity contribution in [2.75, 3.05) is 6.54 Å². The Balaban J connectivity index is 1.73. The minimum absolute atomic E-state index is 0.00687. The lowest BCUT2D eigenvalue weighted by Crippen LogP contribution is -2.37. The molecule has 0 bridgehead atoms. The maximum Gasteiger partial charge on any atom is 0.307 e. The second-order valence-electron chi connectivity index (χ2n) is 7.67. The number of carboxylic acid groups (broad SMARTS) is 1. The van der Waals surface area contributed by atoms with Crippen molar-refractivity contribution in [3.8, 4) is 0 Å². The molecule has 0 atom stereocenters. The molecule has 2 aromatic rings. The molecular formula is C21H23Cl2NO4S. The lowest BCUT2D eigenvalue weighted by Gasteiger charge is -2.29. The molecule has 5 nitrogen and oxygen atoms in total. The maximum atomic E-state index is 12.8. The third-order valence-electron chi connectivity index (χ3n) is 5.44. The zero-order valence-electron chi connectivity index (χ0n) is 15.8. The second kappa shape index (κ2) is 9.04. The first-order valence-electron chi connectivity index (χ1n) is 9.44. The monoisotopic (exact) mass is 455 g/mol. The maximum absolute atomic E-state index is 12.8. The number of aliphatic carboxylic acids is 1. The number of benzene rings is 2. The van der Waals surface area contributed by atoms with Crippen LogP contribution in [0, 0.1) is 5.41 Å². The second-order valence-corrected chi connectivity index (χ2v) is 10.2. The van der Waals surface area contributed by atoms with Gasteiger partial charge in [0, 0.05) is 11.6 Å². The summed E-state index contributed by atoms with van der Waals surface area (Å²) in [6, 6.07) is 11.8. The summed E-state index contributed by atoms with van der Waals surface area (Å²) in [6.07, 6.45) is 4.70. The number of sulfonamides is 1. The Bertz CT molecular complexity index is 984. The number of rotatable bonds is 8. The molecular weight excluding hydrogens is 433 g/mol. The van der Waals surface area contributed by atoms with Crippen LogP contribution in [0.5, 0.6) is 0 Å². The first-order chi connectivity index (χ1) is 13.7. The fourth-order valence-corrected chi connectivity index (χ4v) is 5.87. The van der Waals surface area contributed by atoms with Gasteiger partial charge >= 0.3 is 5.97 Å². The van der Waals surface area contributed by atoms with Crippen molar-refractivity contribution in [2.24, 2.45) is 5.41 Å². The van der Waals surface area contributed by atoms with Crippen molar-refractivity contribution in [3.63, 3.8) is 0 Å². The van der Waals surface area contributed by atoms with E-state index in [1.807, 2.05) is 24.3 Å². The standard InChI is InChI=1S/C21H23Cl2NO4S/c22-17-7-8-19(18(23)12-17)29(27,28)24-14-21(9-1-2-10-21)13-16-5-3-15(4-6-16)11-20(25)26/h3-8,12,24H,1-2,9-11,13-14H2,(H,25,26). The molecule has 0 amide bonds. The van der Waals surface area contributed by atoms with Gasteiger partial charge in [0.1, 0.15) is 4.90 Å². The molecule has 0 radical (unpaired) electrons. The molecule has 2 aromatic carbocycles. The largest absolute Gasteiger partial charge is 0.481 e. The van der Waals surface area contributed by atoms with Crippen LogP contribution < -0.4 is 4.72 Å². The van der Waals surface area contributed by atoms with E-state index in [-0.39, 0.29) is 21.8 Å². The highest BCUT2D eigenvalue weighted by Gasteiger charge is 2.35. The molecule has 1 saturated carbocycles. The summed E-state index contributed by atoms with van der Waals surface area (Å²) in [5, 5.41) is 9.38. The Morgan fingerprint density at radius 3 is 2.24 bits per heavy atom. The van der Waals surface area contributed by atoms with Crippen molar-refractivity contribution < 1.29 is 18.3 Å². The zero-order valence-corrected chi connectivity index (χ0v) is 18.2. The number of nitrogens with one attached hydrogen (secondary N) is 1. The van der Waals surface area contributed by atoms with Gasteiger partial charge in [-0.15, -0.1) is 0 Å². The van der Waals surface area contributed by atoms with E-state index in [0.717, 1.165) is 43.2 Å². The van der Waals surface area contributed by atoms with Crippen molar-refractivity contribution >= 4 is 39.2 Å². The summed E-state index contributed by atoms with van der Waals surface area (Å²) >= 11 is 11.9. The van der Waals surface area contributed by atoms with E-state index in [2.05, 4.69) is 4.72 Å². The molecule has 0 saturated heterocycles. The van der Waals surface area contributed by atoms with Gasteiger partial charge in [-0.05, 0) is 54.0 Å². The highest BCUT2D eigenvalue weighted by atomic mass is 35.5. The van der Waals surface area contributed by atoms with Crippen LogP contribution in [0.3, 0.4) is 0 Å². The van der Waals surface area contributed by atoms with Crippen LogP contribution in [-0.4, -0.2) is 26.0 Å².